The molecular weight excluding hydrogens is 1480 g/mol. The van der Waals surface area contributed by atoms with Crippen molar-refractivity contribution >= 4 is 57.5 Å². The minimum absolute atomic E-state index is 0.0104. The Balaban J connectivity index is 1.72. The number of alkyl halides is 1. The Kier molecular flexibility index (Phi) is 40.8. The first-order chi connectivity index (χ1) is 53.3. The maximum atomic E-state index is 18.6. The van der Waals surface area contributed by atoms with Crippen molar-refractivity contribution in [2.75, 3.05) is 98.5 Å². The van der Waals surface area contributed by atoms with E-state index in [1.165, 1.54) is 48.5 Å². The van der Waals surface area contributed by atoms with E-state index in [4.69, 9.17) is 28.4 Å². The summed E-state index contributed by atoms with van der Waals surface area (Å²) in [6.07, 6.45) is 22.8. The second-order valence-corrected chi connectivity index (χ2v) is 29.8. The molecule has 109 heavy (non-hydrogen) atoms. The number of ketones is 4. The standard InChI is InChI=1S/C90H125IN6O12/c1-7-13-19-25-63-104-76-43-31-70(32-44-76)83(98)89(84(99)71-33-45-77(46-34-71)105-64-26-20-14-8-2)90(85(100)72-35-47-78(48-36-72)106-65-27-21-15-9-3,86(101)73-37-49-79(50-38-73)107-66-28-22-16-10-4)97(88(103)75-41-53-81(54-42-75)109-68-30-24-18-12-6)82(91)69-95-60-59-93-56-55-92-57-58-94-61-62-96(89)87(102)74-39-51-80(52-40-74)108-67-29-23-17-11-5/h31-54,82,92-95H,7-30,55-69H2,1-6H3. The highest BCUT2D eigenvalue weighted by atomic mass is 127. The SMILES string of the molecule is CCCCCCOc1ccc(C(=O)N2CCNCCNCCNCCNCC(I)N(C(=O)c3ccc(OCCCCCC)cc3)C(C(=O)c3ccc(OCCCCCC)cc3)(C(=O)c3ccc(OCCCCCC)cc3)C2(C(=O)c2ccc(OCCCCCC)cc2)C(=O)c2ccc(OCCCCCC)cc2)cc1. The van der Waals surface area contributed by atoms with Gasteiger partial charge in [0.25, 0.3) is 11.8 Å². The average molecular weight is 1610 g/mol. The van der Waals surface area contributed by atoms with Crippen LogP contribution in [0.4, 0.5) is 0 Å². The Bertz CT molecular complexity index is 3460. The molecule has 0 bridgehead atoms. The fourth-order valence-corrected chi connectivity index (χ4v) is 14.6. The summed E-state index contributed by atoms with van der Waals surface area (Å²) < 4.78 is 36.7. The highest BCUT2D eigenvalue weighted by Gasteiger charge is 2.76. The first kappa shape index (κ1) is 88.5. The van der Waals surface area contributed by atoms with Gasteiger partial charge in [0.05, 0.1) is 43.7 Å². The molecule has 1 fully saturated rings. The third-order valence-electron chi connectivity index (χ3n) is 19.9. The first-order valence-electron chi connectivity index (χ1n) is 41.0. The van der Waals surface area contributed by atoms with Gasteiger partial charge in [0, 0.05) is 92.3 Å². The Hall–Kier alpha value is -7.69. The maximum Gasteiger partial charge on any atom is 0.256 e. The van der Waals surface area contributed by atoms with E-state index in [0.29, 0.717) is 113 Å². The topological polar surface area (TPSA) is 212 Å². The number of unbranched alkanes of at least 4 members (excludes halogenated alkanes) is 18. The Labute approximate surface area is 664 Å². The predicted molar refractivity (Wildman–Crippen MR) is 446 cm³/mol. The van der Waals surface area contributed by atoms with Gasteiger partial charge in [-0.1, -0.05) is 180 Å². The lowest BCUT2D eigenvalue weighted by Crippen LogP contribution is -2.85. The van der Waals surface area contributed by atoms with E-state index in [1.54, 1.807) is 97.1 Å². The van der Waals surface area contributed by atoms with Crippen LogP contribution >= 0.6 is 22.6 Å². The van der Waals surface area contributed by atoms with E-state index < -0.39 is 56.6 Å². The number of rotatable bonds is 46. The van der Waals surface area contributed by atoms with Crippen molar-refractivity contribution in [2.24, 2.45) is 0 Å². The lowest BCUT2D eigenvalue weighted by atomic mass is 9.59. The van der Waals surface area contributed by atoms with Gasteiger partial charge in [-0.2, -0.15) is 0 Å². The molecule has 18 nitrogen and oxygen atoms in total. The number of Topliss-reactive ketones (excluding diaryl/α,β-unsaturated/α-hetero) is 4. The van der Waals surface area contributed by atoms with Crippen molar-refractivity contribution in [3.05, 3.63) is 179 Å². The highest BCUT2D eigenvalue weighted by Crippen LogP contribution is 2.49. The van der Waals surface area contributed by atoms with E-state index in [-0.39, 0.29) is 46.5 Å². The summed E-state index contributed by atoms with van der Waals surface area (Å²) in [5, 5.41) is 14.0. The Morgan fingerprint density at radius 2 is 0.532 bits per heavy atom. The number of ether oxygens (including phenoxy) is 6. The zero-order valence-corrected chi connectivity index (χ0v) is 68.3. The quantitative estimate of drug-likeness (QED) is 0.00699. The van der Waals surface area contributed by atoms with Gasteiger partial charge in [-0.15, -0.1) is 0 Å². The molecule has 1 heterocycles. The molecule has 6 aromatic carbocycles. The molecule has 1 aliphatic heterocycles. The number of amides is 2. The fourth-order valence-electron chi connectivity index (χ4n) is 13.7. The van der Waals surface area contributed by atoms with Crippen LogP contribution in [0.1, 0.15) is 258 Å². The van der Waals surface area contributed by atoms with Crippen molar-refractivity contribution in [1.82, 2.24) is 31.1 Å². The van der Waals surface area contributed by atoms with Crippen molar-refractivity contribution in [3.8, 4) is 34.5 Å². The predicted octanol–water partition coefficient (Wildman–Crippen LogP) is 18.2. The van der Waals surface area contributed by atoms with Crippen LogP contribution in [0.15, 0.2) is 146 Å². The first-order valence-corrected chi connectivity index (χ1v) is 42.3. The van der Waals surface area contributed by atoms with Crippen LogP contribution in [0.2, 0.25) is 0 Å². The molecule has 0 radical (unpaired) electrons. The van der Waals surface area contributed by atoms with Gasteiger partial charge in [0.2, 0.25) is 11.1 Å². The minimum Gasteiger partial charge on any atom is -0.494 e. The summed E-state index contributed by atoms with van der Waals surface area (Å²) in [6.45, 7) is 17.4. The molecule has 1 unspecified atom stereocenters. The molecule has 1 atom stereocenters. The summed E-state index contributed by atoms with van der Waals surface area (Å²) in [6, 6.07) is 38.2. The van der Waals surface area contributed by atoms with E-state index in [1.807, 2.05) is 0 Å². The average Bonchev–Trinajstić information content (AvgIpc) is 0.675. The molecule has 0 spiro atoms. The van der Waals surface area contributed by atoms with E-state index in [2.05, 4.69) is 85.4 Å². The molecule has 1 saturated heterocycles. The van der Waals surface area contributed by atoms with Gasteiger partial charge in [-0.3, -0.25) is 28.8 Å². The Morgan fingerprint density at radius 1 is 0.303 bits per heavy atom. The molecule has 19 heteroatoms. The number of carbonyl (C=O) groups is 6. The van der Waals surface area contributed by atoms with Crippen molar-refractivity contribution < 1.29 is 57.2 Å². The normalized spacial score (nSPS) is 15.1. The summed E-state index contributed by atoms with van der Waals surface area (Å²) in [5.41, 5.74) is -7.66. The van der Waals surface area contributed by atoms with Crippen LogP contribution in [0.5, 0.6) is 34.5 Å². The molecule has 0 aliphatic carbocycles. The van der Waals surface area contributed by atoms with Gasteiger partial charge in [-0.25, -0.2) is 0 Å². The van der Waals surface area contributed by atoms with Crippen LogP contribution in [-0.4, -0.2) is 158 Å². The number of carbonyl (C=O) groups excluding carboxylic acids is 6. The highest BCUT2D eigenvalue weighted by molar-refractivity contribution is 14.1. The van der Waals surface area contributed by atoms with Crippen LogP contribution in [0.25, 0.3) is 0 Å². The summed E-state index contributed by atoms with van der Waals surface area (Å²) in [5.74, 6) is -3.75. The van der Waals surface area contributed by atoms with E-state index in [9.17, 15) is 0 Å². The van der Waals surface area contributed by atoms with Crippen molar-refractivity contribution in [3.63, 3.8) is 0 Å². The van der Waals surface area contributed by atoms with E-state index in [0.717, 1.165) is 164 Å². The molecule has 0 saturated carbocycles. The number of hydrogen-bond donors (Lipinski definition) is 4. The number of nitrogens with one attached hydrogen (secondary N) is 4. The monoisotopic (exact) mass is 1610 g/mol. The molecule has 7 rings (SSSR count). The van der Waals surface area contributed by atoms with Gasteiger partial charge in [0.15, 0.2) is 23.1 Å². The lowest BCUT2D eigenvalue weighted by molar-refractivity contribution is -0.0150. The lowest BCUT2D eigenvalue weighted by Gasteiger charge is -2.56. The summed E-state index contributed by atoms with van der Waals surface area (Å²) >= 11 is 2.08. The van der Waals surface area contributed by atoms with E-state index >= 15 is 28.8 Å². The van der Waals surface area contributed by atoms with Gasteiger partial charge in [-0.05, 0) is 184 Å². The number of hydrogen-bond acceptors (Lipinski definition) is 16. The minimum atomic E-state index is -3.48. The van der Waals surface area contributed by atoms with Gasteiger partial charge >= 0.3 is 0 Å². The summed E-state index contributed by atoms with van der Waals surface area (Å²) in [4.78, 5) is 112. The zero-order chi connectivity index (χ0) is 77.7. The van der Waals surface area contributed by atoms with Crippen LogP contribution in [0.3, 0.4) is 0 Å². The maximum absolute atomic E-state index is 18.6. The second kappa shape index (κ2) is 50.3. The molecule has 594 valence electrons. The number of nitrogens with zero attached hydrogens (tertiary/aromatic N) is 2. The van der Waals surface area contributed by atoms with Crippen molar-refractivity contribution in [2.45, 2.75) is 211 Å². The van der Waals surface area contributed by atoms with Crippen LogP contribution in [0, 0.1) is 0 Å². The fraction of sp³-hybridized carbons (Fsp3) is 0.533. The summed E-state index contributed by atoms with van der Waals surface area (Å²) in [7, 11) is 0. The molecule has 1 aliphatic rings. The molecule has 0 aromatic heterocycles. The third kappa shape index (κ3) is 26.5. The molecule has 6 aromatic rings. The largest absolute Gasteiger partial charge is 0.494 e. The molecular formula is C90H125IN6O12. The third-order valence-corrected chi connectivity index (χ3v) is 20.9. The molecule has 4 N–H and O–H groups in total. The smallest absolute Gasteiger partial charge is 0.256 e. The second-order valence-electron chi connectivity index (χ2n) is 28.4. The zero-order valence-electron chi connectivity index (χ0n) is 66.2. The van der Waals surface area contributed by atoms with Crippen LogP contribution < -0.4 is 49.7 Å². The number of halogens is 1. The molecule has 2 amide bonds. The van der Waals surface area contributed by atoms with Gasteiger partial charge < -0.3 is 59.5 Å². The van der Waals surface area contributed by atoms with Gasteiger partial charge in [0.1, 0.15) is 34.5 Å². The van der Waals surface area contributed by atoms with Crippen molar-refractivity contribution in [1.29, 1.82) is 0 Å². The number of benzene rings is 6. The Morgan fingerprint density at radius 3 is 0.798 bits per heavy atom. The van der Waals surface area contributed by atoms with Crippen LogP contribution in [-0.2, 0) is 0 Å².